The van der Waals surface area contributed by atoms with Gasteiger partial charge in [-0.25, -0.2) is 4.79 Å². The number of amides is 3. The third-order valence-electron chi connectivity index (χ3n) is 3.45. The van der Waals surface area contributed by atoms with Crippen molar-refractivity contribution in [3.8, 4) is 0 Å². The smallest absolute Gasteiger partial charge is 0.318 e. The Kier molecular flexibility index (Phi) is 3.78. The summed E-state index contributed by atoms with van der Waals surface area (Å²) in [5, 5.41) is 14.8. The molecule has 7 nitrogen and oxygen atoms in total. The number of aromatic amines is 1. The third kappa shape index (κ3) is 3.25. The van der Waals surface area contributed by atoms with Crippen molar-refractivity contribution in [3.05, 3.63) is 41.7 Å². The Labute approximate surface area is 127 Å². The quantitative estimate of drug-likeness (QED) is 0.697. The van der Waals surface area contributed by atoms with Crippen molar-refractivity contribution in [3.63, 3.8) is 0 Å². The summed E-state index contributed by atoms with van der Waals surface area (Å²) in [4.78, 5) is 23.5. The van der Waals surface area contributed by atoms with Crippen molar-refractivity contribution in [1.29, 1.82) is 0 Å². The second-order valence-electron chi connectivity index (χ2n) is 5.22. The van der Waals surface area contributed by atoms with Crippen LogP contribution in [0.4, 0.5) is 16.2 Å². The molecule has 1 aliphatic rings. The Balaban J connectivity index is 1.67. The van der Waals surface area contributed by atoms with Gasteiger partial charge in [0, 0.05) is 30.0 Å². The van der Waals surface area contributed by atoms with Crippen LogP contribution in [-0.4, -0.2) is 29.2 Å². The van der Waals surface area contributed by atoms with E-state index in [4.69, 9.17) is 0 Å². The minimum Gasteiger partial charge on any atom is -0.341 e. The van der Waals surface area contributed by atoms with Crippen molar-refractivity contribution < 1.29 is 9.59 Å². The van der Waals surface area contributed by atoms with Crippen molar-refractivity contribution in [2.45, 2.75) is 18.8 Å². The number of carbonyl (C=O) groups is 2. The third-order valence-corrected chi connectivity index (χ3v) is 3.45. The van der Waals surface area contributed by atoms with Gasteiger partial charge in [-0.05, 0) is 37.1 Å². The molecule has 0 saturated heterocycles. The molecule has 0 unspecified atom stereocenters. The van der Waals surface area contributed by atoms with Gasteiger partial charge in [0.25, 0.3) is 5.91 Å². The van der Waals surface area contributed by atoms with Gasteiger partial charge in [-0.2, -0.15) is 5.10 Å². The van der Waals surface area contributed by atoms with Crippen LogP contribution in [-0.2, 0) is 0 Å². The molecular weight excluding hydrogens is 282 g/mol. The van der Waals surface area contributed by atoms with Crippen LogP contribution in [0.2, 0.25) is 0 Å². The highest BCUT2D eigenvalue weighted by atomic mass is 16.2. The van der Waals surface area contributed by atoms with Crippen molar-refractivity contribution in [2.24, 2.45) is 0 Å². The number of hydrogen-bond donors (Lipinski definition) is 4. The van der Waals surface area contributed by atoms with Gasteiger partial charge in [0.2, 0.25) is 0 Å². The summed E-state index contributed by atoms with van der Waals surface area (Å²) in [7, 11) is 1.54. The Hall–Kier alpha value is -2.83. The second-order valence-corrected chi connectivity index (χ2v) is 5.22. The lowest BCUT2D eigenvalue weighted by molar-refractivity contribution is 0.102. The minimum atomic E-state index is -0.315. The van der Waals surface area contributed by atoms with Gasteiger partial charge in [0.15, 0.2) is 5.69 Å². The average Bonchev–Trinajstić information content (AvgIpc) is 3.24. The number of H-pyrrole nitrogens is 1. The number of benzene rings is 1. The van der Waals surface area contributed by atoms with Crippen molar-refractivity contribution in [2.75, 3.05) is 17.7 Å². The first-order valence-electron chi connectivity index (χ1n) is 7.11. The maximum atomic E-state index is 12.2. The first kappa shape index (κ1) is 14.1. The maximum absolute atomic E-state index is 12.2. The molecule has 0 aliphatic heterocycles. The summed E-state index contributed by atoms with van der Waals surface area (Å²) in [5.74, 6) is 0.245. The molecule has 1 saturated carbocycles. The van der Waals surface area contributed by atoms with E-state index in [0.29, 0.717) is 23.0 Å². The minimum absolute atomic E-state index is 0.278. The topological polar surface area (TPSA) is 98.9 Å². The zero-order valence-corrected chi connectivity index (χ0v) is 12.1. The number of hydrogen-bond acceptors (Lipinski definition) is 3. The van der Waals surface area contributed by atoms with E-state index in [-0.39, 0.29) is 11.9 Å². The highest BCUT2D eigenvalue weighted by molar-refractivity contribution is 6.03. The largest absolute Gasteiger partial charge is 0.341 e. The van der Waals surface area contributed by atoms with E-state index in [2.05, 4.69) is 26.1 Å². The van der Waals surface area contributed by atoms with Gasteiger partial charge in [-0.3, -0.25) is 9.89 Å². The fraction of sp³-hybridized carbons (Fsp3) is 0.267. The van der Waals surface area contributed by atoms with Crippen LogP contribution in [0.1, 0.15) is 34.9 Å². The summed E-state index contributed by atoms with van der Waals surface area (Å²) in [6.07, 6.45) is 2.30. The Bertz CT molecular complexity index is 705. The fourth-order valence-corrected chi connectivity index (χ4v) is 2.12. The number of anilines is 2. The van der Waals surface area contributed by atoms with E-state index < -0.39 is 0 Å². The van der Waals surface area contributed by atoms with Crippen LogP contribution in [0.5, 0.6) is 0 Å². The predicted molar refractivity (Wildman–Crippen MR) is 83.0 cm³/mol. The molecule has 2 aromatic rings. The Morgan fingerprint density at radius 2 is 1.91 bits per heavy atom. The molecule has 0 spiro atoms. The second kappa shape index (κ2) is 5.88. The number of urea groups is 1. The SMILES string of the molecule is CNC(=O)Nc1cccc(NC(=O)c2cc(C3CC3)[nH]n2)c1. The van der Waals surface area contributed by atoms with Gasteiger partial charge < -0.3 is 16.0 Å². The van der Waals surface area contributed by atoms with Crippen LogP contribution in [0.25, 0.3) is 0 Å². The molecule has 1 fully saturated rings. The average molecular weight is 299 g/mol. The van der Waals surface area contributed by atoms with Crippen LogP contribution in [0, 0.1) is 0 Å². The van der Waals surface area contributed by atoms with Gasteiger partial charge in [0.05, 0.1) is 0 Å². The fourth-order valence-electron chi connectivity index (χ4n) is 2.12. The van der Waals surface area contributed by atoms with Crippen LogP contribution >= 0.6 is 0 Å². The van der Waals surface area contributed by atoms with E-state index in [1.54, 1.807) is 30.3 Å². The molecule has 4 N–H and O–H groups in total. The summed E-state index contributed by atoms with van der Waals surface area (Å²) in [6, 6.07) is 8.40. The molecule has 0 atom stereocenters. The normalized spacial score (nSPS) is 13.5. The van der Waals surface area contributed by atoms with E-state index in [1.165, 1.54) is 7.05 Å². The molecule has 1 aromatic carbocycles. The first-order valence-corrected chi connectivity index (χ1v) is 7.11. The zero-order chi connectivity index (χ0) is 15.5. The first-order chi connectivity index (χ1) is 10.7. The van der Waals surface area contributed by atoms with E-state index in [9.17, 15) is 9.59 Å². The number of aromatic nitrogens is 2. The monoisotopic (exact) mass is 299 g/mol. The molecule has 3 rings (SSSR count). The zero-order valence-electron chi connectivity index (χ0n) is 12.1. The van der Waals surface area contributed by atoms with E-state index >= 15 is 0 Å². The summed E-state index contributed by atoms with van der Waals surface area (Å²) in [5.41, 5.74) is 2.57. The lowest BCUT2D eigenvalue weighted by Crippen LogP contribution is -2.24. The van der Waals surface area contributed by atoms with Gasteiger partial charge in [0.1, 0.15) is 0 Å². The maximum Gasteiger partial charge on any atom is 0.318 e. The molecule has 1 aliphatic carbocycles. The molecule has 1 heterocycles. The van der Waals surface area contributed by atoms with Crippen molar-refractivity contribution in [1.82, 2.24) is 15.5 Å². The molecule has 22 heavy (non-hydrogen) atoms. The summed E-state index contributed by atoms with van der Waals surface area (Å²) >= 11 is 0. The molecule has 0 radical (unpaired) electrons. The highest BCUT2D eigenvalue weighted by Gasteiger charge is 2.26. The van der Waals surface area contributed by atoms with Crippen LogP contribution < -0.4 is 16.0 Å². The standard InChI is InChI=1S/C15H17N5O2/c1-16-15(22)18-11-4-2-3-10(7-11)17-14(21)13-8-12(19-20-13)9-5-6-9/h2-4,7-9H,5-6H2,1H3,(H,17,21)(H,19,20)(H2,16,18,22). The summed E-state index contributed by atoms with van der Waals surface area (Å²) in [6.45, 7) is 0. The van der Waals surface area contributed by atoms with Gasteiger partial charge in [-0.1, -0.05) is 6.07 Å². The number of nitrogens with zero attached hydrogens (tertiary/aromatic N) is 1. The molecule has 7 heteroatoms. The summed E-state index contributed by atoms with van der Waals surface area (Å²) < 4.78 is 0. The van der Waals surface area contributed by atoms with E-state index in [1.807, 2.05) is 0 Å². The predicted octanol–water partition coefficient (Wildman–Crippen LogP) is 2.29. The van der Waals surface area contributed by atoms with Gasteiger partial charge in [-0.15, -0.1) is 0 Å². The van der Waals surface area contributed by atoms with Crippen LogP contribution in [0.3, 0.4) is 0 Å². The number of nitrogens with one attached hydrogen (secondary N) is 4. The molecule has 3 amide bonds. The molecule has 1 aromatic heterocycles. The lowest BCUT2D eigenvalue weighted by atomic mass is 10.2. The van der Waals surface area contributed by atoms with Crippen LogP contribution in [0.15, 0.2) is 30.3 Å². The molecule has 0 bridgehead atoms. The Morgan fingerprint density at radius 1 is 1.18 bits per heavy atom. The molecular formula is C15H17N5O2. The van der Waals surface area contributed by atoms with Crippen molar-refractivity contribution >= 4 is 23.3 Å². The highest BCUT2D eigenvalue weighted by Crippen LogP contribution is 2.39. The number of carbonyl (C=O) groups excluding carboxylic acids is 2. The number of rotatable bonds is 4. The van der Waals surface area contributed by atoms with E-state index in [0.717, 1.165) is 18.5 Å². The molecule has 114 valence electrons. The Morgan fingerprint density at radius 3 is 2.59 bits per heavy atom. The lowest BCUT2D eigenvalue weighted by Gasteiger charge is -2.07. The van der Waals surface area contributed by atoms with Gasteiger partial charge >= 0.3 is 6.03 Å².